The Hall–Kier alpha value is -3.24. The monoisotopic (exact) mass is 510 g/mol. The molecule has 5 rings (SSSR count). The summed E-state index contributed by atoms with van der Waals surface area (Å²) in [6.45, 7) is 3.55. The van der Waals surface area contributed by atoms with Crippen molar-refractivity contribution in [3.05, 3.63) is 74.4 Å². The molecule has 0 radical (unpaired) electrons. The molecule has 2 aromatic carbocycles. The van der Waals surface area contributed by atoms with Gasteiger partial charge in [0.25, 0.3) is 11.5 Å². The molecule has 0 spiro atoms. The van der Waals surface area contributed by atoms with Gasteiger partial charge in [-0.05, 0) is 74.9 Å². The Kier molecular flexibility index (Phi) is 6.12. The van der Waals surface area contributed by atoms with Crippen molar-refractivity contribution >= 4 is 26.8 Å². The van der Waals surface area contributed by atoms with Crippen LogP contribution < -0.4 is 16.0 Å². The van der Waals surface area contributed by atoms with Crippen molar-refractivity contribution in [3.8, 4) is 0 Å². The first-order valence-electron chi connectivity index (χ1n) is 12.2. The van der Waals surface area contributed by atoms with Crippen LogP contribution in [0, 0.1) is 0 Å². The highest BCUT2D eigenvalue weighted by molar-refractivity contribution is 7.89. The van der Waals surface area contributed by atoms with Crippen LogP contribution in [0.15, 0.2) is 56.9 Å². The average Bonchev–Trinajstić information content (AvgIpc) is 3.60. The molecule has 0 bridgehead atoms. The van der Waals surface area contributed by atoms with Crippen molar-refractivity contribution in [1.29, 1.82) is 0 Å². The van der Waals surface area contributed by atoms with Crippen molar-refractivity contribution in [2.24, 2.45) is 7.05 Å². The number of sulfonamides is 1. The lowest BCUT2D eigenvalue weighted by molar-refractivity contribution is 0.0724. The Morgan fingerprint density at radius 3 is 2.31 bits per heavy atom. The van der Waals surface area contributed by atoms with Crippen molar-refractivity contribution in [2.45, 2.75) is 56.0 Å². The van der Waals surface area contributed by atoms with Gasteiger partial charge in [-0.1, -0.05) is 12.1 Å². The highest BCUT2D eigenvalue weighted by Gasteiger charge is 2.41. The third-order valence-corrected chi connectivity index (χ3v) is 8.82. The number of nitrogens with zero attached hydrogens (tertiary/aromatic N) is 3. The van der Waals surface area contributed by atoms with Crippen LogP contribution >= 0.6 is 0 Å². The van der Waals surface area contributed by atoms with Gasteiger partial charge < -0.3 is 4.90 Å². The molecule has 2 fully saturated rings. The van der Waals surface area contributed by atoms with E-state index < -0.39 is 26.8 Å². The van der Waals surface area contributed by atoms with Crippen LogP contribution in [-0.4, -0.2) is 47.0 Å². The van der Waals surface area contributed by atoms with E-state index in [1.54, 1.807) is 24.3 Å². The summed E-state index contributed by atoms with van der Waals surface area (Å²) in [7, 11) is -2.42. The van der Waals surface area contributed by atoms with Gasteiger partial charge in [-0.15, -0.1) is 0 Å². The number of carbonyl (C=O) groups is 1. The summed E-state index contributed by atoms with van der Waals surface area (Å²) in [6, 6.07) is 11.4. The van der Waals surface area contributed by atoms with Crippen LogP contribution in [0.2, 0.25) is 0 Å². The van der Waals surface area contributed by atoms with Crippen LogP contribution in [0.3, 0.4) is 0 Å². The lowest BCUT2D eigenvalue weighted by Crippen LogP contribution is -2.39. The first-order valence-corrected chi connectivity index (χ1v) is 13.7. The average molecular weight is 511 g/mol. The molecule has 10 heteroatoms. The number of carbonyl (C=O) groups excluding carboxylic acids is 1. The summed E-state index contributed by atoms with van der Waals surface area (Å²) in [5.41, 5.74) is 0.244. The molecule has 1 amide bonds. The smallest absolute Gasteiger partial charge is 0.331 e. The highest BCUT2D eigenvalue weighted by Crippen LogP contribution is 2.36. The second-order valence-electron chi connectivity index (χ2n) is 10.1. The lowest BCUT2D eigenvalue weighted by Gasteiger charge is -2.26. The Labute approximate surface area is 209 Å². The predicted octanol–water partition coefficient (Wildman–Crippen LogP) is 2.21. The fourth-order valence-electron chi connectivity index (χ4n) is 4.68. The van der Waals surface area contributed by atoms with Gasteiger partial charge in [0.15, 0.2) is 0 Å². The standard InChI is InChI=1S/C26H30N4O5S/c1-26(12-13-26)27-36(34,35)20-10-11-22-21(16-20)24(32)28(2)25(33)30(22)17-18-6-8-19(9-7-18)23(31)29-14-4-3-5-15-29/h6-11,16,27H,3-5,12-15,17H2,1-2H3. The Bertz CT molecular complexity index is 1560. The van der Waals surface area contributed by atoms with Crippen LogP contribution in [0.1, 0.15) is 54.9 Å². The van der Waals surface area contributed by atoms with E-state index in [0.717, 1.165) is 55.3 Å². The second kappa shape index (κ2) is 9.01. The van der Waals surface area contributed by atoms with Gasteiger partial charge in [0.05, 0.1) is 22.3 Å². The normalized spacial score (nSPS) is 17.3. The number of hydrogen-bond donors (Lipinski definition) is 1. The van der Waals surface area contributed by atoms with E-state index in [1.807, 2.05) is 11.8 Å². The number of benzene rings is 2. The minimum atomic E-state index is -3.80. The summed E-state index contributed by atoms with van der Waals surface area (Å²) in [5, 5.41) is 0.151. The van der Waals surface area contributed by atoms with Gasteiger partial charge in [0.1, 0.15) is 0 Å². The maximum Gasteiger partial charge on any atom is 0.331 e. The molecular weight excluding hydrogens is 480 g/mol. The van der Waals surface area contributed by atoms with Gasteiger partial charge in [-0.2, -0.15) is 0 Å². The van der Waals surface area contributed by atoms with Gasteiger partial charge in [-0.25, -0.2) is 17.9 Å². The van der Waals surface area contributed by atoms with E-state index in [4.69, 9.17) is 0 Å². The van der Waals surface area contributed by atoms with Crippen LogP contribution in [0.25, 0.3) is 10.9 Å². The number of fused-ring (bicyclic) bond motifs is 1. The SMILES string of the molecule is Cn1c(=O)c2cc(S(=O)(=O)NC3(C)CC3)ccc2n(Cc2ccc(C(=O)N3CCCCC3)cc2)c1=O. The molecule has 1 N–H and O–H groups in total. The number of likely N-dealkylation sites (tertiary alicyclic amines) is 1. The third kappa shape index (κ3) is 4.62. The molecule has 9 nitrogen and oxygen atoms in total. The minimum Gasteiger partial charge on any atom is -0.339 e. The van der Waals surface area contributed by atoms with Crippen molar-refractivity contribution in [3.63, 3.8) is 0 Å². The highest BCUT2D eigenvalue weighted by atomic mass is 32.2. The molecule has 1 aliphatic heterocycles. The van der Waals surface area contributed by atoms with Gasteiger partial charge in [0.2, 0.25) is 10.0 Å². The van der Waals surface area contributed by atoms with Gasteiger partial charge in [-0.3, -0.25) is 18.7 Å². The first-order chi connectivity index (χ1) is 17.1. The Balaban J connectivity index is 1.47. The van der Waals surface area contributed by atoms with E-state index in [1.165, 1.54) is 29.8 Å². The number of aromatic nitrogens is 2. The van der Waals surface area contributed by atoms with E-state index in [2.05, 4.69) is 4.72 Å². The molecule has 2 aliphatic rings. The van der Waals surface area contributed by atoms with Crippen molar-refractivity contribution in [2.75, 3.05) is 13.1 Å². The molecular formula is C26H30N4O5S. The molecule has 1 aromatic heterocycles. The summed E-state index contributed by atoms with van der Waals surface area (Å²) in [5.74, 6) is 0.00776. The Morgan fingerprint density at radius 1 is 1.00 bits per heavy atom. The molecule has 2 heterocycles. The zero-order valence-electron chi connectivity index (χ0n) is 20.5. The fraction of sp³-hybridized carbons (Fsp3) is 0.423. The maximum absolute atomic E-state index is 13.0. The van der Waals surface area contributed by atoms with Crippen LogP contribution in [0.4, 0.5) is 0 Å². The summed E-state index contributed by atoms with van der Waals surface area (Å²) < 4.78 is 30.8. The number of amides is 1. The molecule has 1 saturated heterocycles. The topological polar surface area (TPSA) is 110 Å². The van der Waals surface area contributed by atoms with Crippen molar-refractivity contribution in [1.82, 2.24) is 18.8 Å². The molecule has 1 saturated carbocycles. The van der Waals surface area contributed by atoms with E-state index in [9.17, 15) is 22.8 Å². The van der Waals surface area contributed by atoms with Gasteiger partial charge >= 0.3 is 5.69 Å². The first kappa shape index (κ1) is 24.5. The third-order valence-electron chi connectivity index (χ3n) is 7.19. The molecule has 0 unspecified atom stereocenters. The number of rotatable bonds is 6. The summed E-state index contributed by atoms with van der Waals surface area (Å²) in [4.78, 5) is 40.5. The van der Waals surface area contributed by atoms with Crippen LogP contribution in [-0.2, 0) is 23.6 Å². The van der Waals surface area contributed by atoms with Crippen LogP contribution in [0.5, 0.6) is 0 Å². The molecule has 3 aromatic rings. The minimum absolute atomic E-state index is 0.00776. The van der Waals surface area contributed by atoms with E-state index in [0.29, 0.717) is 11.1 Å². The summed E-state index contributed by atoms with van der Waals surface area (Å²) in [6.07, 6.45) is 4.72. The van der Waals surface area contributed by atoms with Crippen molar-refractivity contribution < 1.29 is 13.2 Å². The molecule has 190 valence electrons. The quantitative estimate of drug-likeness (QED) is 0.547. The lowest BCUT2D eigenvalue weighted by atomic mass is 10.1. The number of piperidine rings is 1. The zero-order chi connectivity index (χ0) is 25.7. The zero-order valence-corrected chi connectivity index (χ0v) is 21.3. The predicted molar refractivity (Wildman–Crippen MR) is 137 cm³/mol. The fourth-order valence-corrected chi connectivity index (χ4v) is 6.17. The molecule has 0 atom stereocenters. The second-order valence-corrected chi connectivity index (χ2v) is 11.8. The van der Waals surface area contributed by atoms with Gasteiger partial charge in [0, 0.05) is 31.2 Å². The molecule has 36 heavy (non-hydrogen) atoms. The molecule has 1 aliphatic carbocycles. The Morgan fingerprint density at radius 2 is 1.67 bits per heavy atom. The summed E-state index contributed by atoms with van der Waals surface area (Å²) >= 11 is 0. The van der Waals surface area contributed by atoms with E-state index in [-0.39, 0.29) is 22.7 Å². The van der Waals surface area contributed by atoms with E-state index >= 15 is 0 Å². The number of hydrogen-bond acceptors (Lipinski definition) is 5. The maximum atomic E-state index is 13.0. The largest absolute Gasteiger partial charge is 0.339 e. The number of nitrogens with one attached hydrogen (secondary N) is 1.